The number of benzene rings is 3. The quantitative estimate of drug-likeness (QED) is 0.233. The molecule has 1 heterocycles. The number of carbonyl (C=O) groups excluding carboxylic acids is 2. The lowest BCUT2D eigenvalue weighted by atomic mass is 9.91. The third kappa shape index (κ3) is 5.88. The molecule has 45 heavy (non-hydrogen) atoms. The molecule has 1 amide bonds. The van der Waals surface area contributed by atoms with Crippen molar-refractivity contribution in [3.63, 3.8) is 0 Å². The van der Waals surface area contributed by atoms with E-state index in [0.717, 1.165) is 5.56 Å². The summed E-state index contributed by atoms with van der Waals surface area (Å²) < 4.78 is 23.7. The molecule has 0 unspecified atom stereocenters. The Morgan fingerprint density at radius 3 is 2.11 bits per heavy atom. The highest BCUT2D eigenvalue weighted by atomic mass is 16.6. The van der Waals surface area contributed by atoms with Crippen molar-refractivity contribution < 1.29 is 28.5 Å². The highest BCUT2D eigenvalue weighted by Gasteiger charge is 2.36. The molecule has 0 spiro atoms. The summed E-state index contributed by atoms with van der Waals surface area (Å²) in [5, 5.41) is 11.6. The minimum absolute atomic E-state index is 0.00782. The van der Waals surface area contributed by atoms with E-state index in [1.54, 1.807) is 59.3 Å². The maximum Gasteiger partial charge on any atom is 0.408 e. The van der Waals surface area contributed by atoms with Gasteiger partial charge in [-0.2, -0.15) is 0 Å². The van der Waals surface area contributed by atoms with Gasteiger partial charge in [-0.3, -0.25) is 4.79 Å². The van der Waals surface area contributed by atoms with E-state index in [1.807, 2.05) is 42.5 Å². The summed E-state index contributed by atoms with van der Waals surface area (Å²) in [4.78, 5) is 39.6. The molecule has 1 atom stereocenters. The molecule has 5 aromatic rings. The number of carbonyl (C=O) groups is 2. The van der Waals surface area contributed by atoms with E-state index in [9.17, 15) is 14.4 Å². The van der Waals surface area contributed by atoms with Crippen LogP contribution in [0.3, 0.4) is 0 Å². The topological polar surface area (TPSA) is 131 Å². The van der Waals surface area contributed by atoms with E-state index < -0.39 is 23.7 Å². The van der Waals surface area contributed by atoms with Crippen LogP contribution in [0.1, 0.15) is 26.3 Å². The molecule has 11 nitrogen and oxygen atoms in total. The van der Waals surface area contributed by atoms with Crippen LogP contribution in [-0.2, 0) is 27.4 Å². The third-order valence-electron chi connectivity index (χ3n) is 7.43. The summed E-state index contributed by atoms with van der Waals surface area (Å²) in [6.45, 7) is 5.05. The fraction of sp³-hybridized carbons (Fsp3) is 0.265. The van der Waals surface area contributed by atoms with Crippen molar-refractivity contribution in [1.29, 1.82) is 0 Å². The molecule has 0 radical (unpaired) electrons. The van der Waals surface area contributed by atoms with Gasteiger partial charge < -0.3 is 24.3 Å². The smallest absolute Gasteiger partial charge is 0.408 e. The van der Waals surface area contributed by atoms with Gasteiger partial charge >= 0.3 is 12.1 Å². The van der Waals surface area contributed by atoms with E-state index in [1.165, 1.54) is 4.68 Å². The minimum Gasteiger partial charge on any atom is -0.497 e. The number of fused-ring (bicyclic) bond motifs is 8. The summed E-state index contributed by atoms with van der Waals surface area (Å²) >= 11 is 0. The number of esters is 1. The molecular formula is C34H32N4O7. The summed E-state index contributed by atoms with van der Waals surface area (Å²) in [5.41, 5.74) is 4.78. The van der Waals surface area contributed by atoms with Gasteiger partial charge in [-0.15, -0.1) is 5.10 Å². The number of rotatable bonds is 8. The zero-order valence-corrected chi connectivity index (χ0v) is 25.5. The zero-order valence-electron chi connectivity index (χ0n) is 25.5. The number of ether oxygens (including phenoxy) is 4. The molecule has 0 saturated heterocycles. The number of nitrogens with one attached hydrogen (secondary N) is 1. The summed E-state index contributed by atoms with van der Waals surface area (Å²) in [7, 11) is 3.11. The molecule has 1 aliphatic rings. The van der Waals surface area contributed by atoms with Crippen molar-refractivity contribution in [3.8, 4) is 56.3 Å². The van der Waals surface area contributed by atoms with Crippen LogP contribution < -0.4 is 20.2 Å². The van der Waals surface area contributed by atoms with Crippen molar-refractivity contribution in [1.82, 2.24) is 20.3 Å². The lowest BCUT2D eigenvalue weighted by molar-refractivity contribution is -0.148. The van der Waals surface area contributed by atoms with Gasteiger partial charge in [0.25, 0.3) is 0 Å². The van der Waals surface area contributed by atoms with Gasteiger partial charge in [0.15, 0.2) is 5.43 Å². The standard InChI is InChI=1S/C34H32N4O7/c1-34(2,3)45-33(41)35-26(32(40)44-18-19-9-7-6-8-10-19)17-38-30-25-16-21(43-5)12-14-23(25)28-27(31(28)39)22-13-11-20(42-4)15-24(22)29(30)36-37-38/h6-16,26H,17-18H2,1-5H3,(H,35,41)/t26-/m0/s1. The highest BCUT2D eigenvalue weighted by molar-refractivity contribution is 6.07. The SMILES string of the molecule is COc1ccc2c(c1)-c1nnn(C[C@H](NC(=O)OC(C)(C)C)C(=O)OCc3ccccc3)c1-c1cc(OC)ccc1-c1c-2c1=O. The van der Waals surface area contributed by atoms with Crippen molar-refractivity contribution in [3.05, 3.63) is 82.5 Å². The first kappa shape index (κ1) is 29.6. The van der Waals surface area contributed by atoms with Crippen molar-refractivity contribution in [2.24, 2.45) is 0 Å². The van der Waals surface area contributed by atoms with Gasteiger partial charge in [-0.1, -0.05) is 35.5 Å². The molecule has 1 aromatic heterocycles. The Hall–Kier alpha value is -5.45. The minimum atomic E-state index is -1.20. The Labute approximate surface area is 259 Å². The largest absolute Gasteiger partial charge is 0.497 e. The molecule has 0 fully saturated rings. The van der Waals surface area contributed by atoms with Gasteiger partial charge in [-0.05, 0) is 73.9 Å². The van der Waals surface area contributed by atoms with Crippen molar-refractivity contribution in [2.45, 2.75) is 45.6 Å². The van der Waals surface area contributed by atoms with E-state index in [-0.39, 0.29) is 18.6 Å². The number of amides is 1. The van der Waals surface area contributed by atoms with E-state index in [4.69, 9.17) is 18.9 Å². The molecule has 230 valence electrons. The second-order valence-electron chi connectivity index (χ2n) is 11.7. The average molecular weight is 609 g/mol. The number of nitrogens with zero attached hydrogens (tertiary/aromatic N) is 3. The molecule has 6 rings (SSSR count). The van der Waals surface area contributed by atoms with Crippen LogP contribution in [0.15, 0.2) is 71.5 Å². The van der Waals surface area contributed by atoms with Gasteiger partial charge in [0.05, 0.1) is 26.5 Å². The second-order valence-corrected chi connectivity index (χ2v) is 11.7. The monoisotopic (exact) mass is 608 g/mol. The van der Waals surface area contributed by atoms with Crippen LogP contribution in [0.4, 0.5) is 4.79 Å². The number of hydrogen-bond acceptors (Lipinski definition) is 9. The second kappa shape index (κ2) is 11.6. The van der Waals surface area contributed by atoms with E-state index in [0.29, 0.717) is 56.3 Å². The predicted octanol–water partition coefficient (Wildman–Crippen LogP) is 5.15. The molecule has 0 bridgehead atoms. The van der Waals surface area contributed by atoms with E-state index >= 15 is 0 Å². The summed E-state index contributed by atoms with van der Waals surface area (Å²) in [5.74, 6) is 0.444. The lowest BCUT2D eigenvalue weighted by Gasteiger charge is -2.23. The van der Waals surface area contributed by atoms with Crippen LogP contribution in [0.2, 0.25) is 0 Å². The Kier molecular flexibility index (Phi) is 7.61. The normalized spacial score (nSPS) is 12.5. The van der Waals surface area contributed by atoms with Crippen LogP contribution >= 0.6 is 0 Å². The van der Waals surface area contributed by atoms with E-state index in [2.05, 4.69) is 15.6 Å². The van der Waals surface area contributed by atoms with Gasteiger partial charge in [0.1, 0.15) is 35.4 Å². The molecule has 1 aliphatic carbocycles. The molecule has 0 saturated carbocycles. The van der Waals surface area contributed by atoms with Crippen LogP contribution in [0, 0.1) is 0 Å². The van der Waals surface area contributed by atoms with Crippen LogP contribution in [0.5, 0.6) is 11.5 Å². The summed E-state index contributed by atoms with van der Waals surface area (Å²) in [6.07, 6.45) is -0.789. The first-order chi connectivity index (χ1) is 21.6. The van der Waals surface area contributed by atoms with Crippen molar-refractivity contribution in [2.75, 3.05) is 14.2 Å². The van der Waals surface area contributed by atoms with Gasteiger partial charge in [0, 0.05) is 22.3 Å². The fourth-order valence-corrected chi connectivity index (χ4v) is 5.33. The summed E-state index contributed by atoms with van der Waals surface area (Å²) in [6, 6.07) is 18.9. The number of alkyl carbamates (subject to hydrolysis) is 1. The highest BCUT2D eigenvalue weighted by Crippen LogP contribution is 2.49. The fourth-order valence-electron chi connectivity index (χ4n) is 5.33. The lowest BCUT2D eigenvalue weighted by Crippen LogP contribution is -2.46. The first-order valence-corrected chi connectivity index (χ1v) is 14.4. The molecule has 4 aromatic carbocycles. The third-order valence-corrected chi connectivity index (χ3v) is 7.43. The Balaban J connectivity index is 1.45. The number of methoxy groups -OCH3 is 2. The molecule has 0 aliphatic heterocycles. The first-order valence-electron chi connectivity index (χ1n) is 14.4. The molecule has 1 N–H and O–H groups in total. The Morgan fingerprint density at radius 1 is 0.867 bits per heavy atom. The predicted molar refractivity (Wildman–Crippen MR) is 166 cm³/mol. The van der Waals surface area contributed by atoms with Gasteiger partial charge in [-0.25, -0.2) is 14.3 Å². The van der Waals surface area contributed by atoms with Crippen LogP contribution in [-0.4, -0.2) is 52.9 Å². The maximum absolute atomic E-state index is 13.5. The Bertz CT molecular complexity index is 1910. The number of aromatic nitrogens is 3. The maximum atomic E-state index is 13.5. The van der Waals surface area contributed by atoms with Gasteiger partial charge in [0.2, 0.25) is 0 Å². The van der Waals surface area contributed by atoms with Crippen LogP contribution in [0.25, 0.3) is 44.8 Å². The number of hydrogen-bond donors (Lipinski definition) is 1. The Morgan fingerprint density at radius 2 is 1.49 bits per heavy atom. The average Bonchev–Trinajstić information content (AvgIpc) is 3.49. The molecular weight excluding hydrogens is 576 g/mol. The van der Waals surface area contributed by atoms with Crippen molar-refractivity contribution >= 4 is 12.1 Å². The molecule has 11 heteroatoms. The zero-order chi connectivity index (χ0) is 31.9.